The maximum absolute atomic E-state index is 12.0. The molecule has 0 aromatic heterocycles. The number of carbonyl (C=O) groups is 2. The molecule has 2 rings (SSSR count). The van der Waals surface area contributed by atoms with Gasteiger partial charge in [-0.15, -0.1) is 0 Å². The molecule has 0 spiro atoms. The molecule has 106 valence electrons. The zero-order valence-corrected chi connectivity index (χ0v) is 11.1. The van der Waals surface area contributed by atoms with Gasteiger partial charge in [-0.2, -0.15) is 0 Å². The van der Waals surface area contributed by atoms with Gasteiger partial charge in [0.2, 0.25) is 5.91 Å². The van der Waals surface area contributed by atoms with E-state index in [-0.39, 0.29) is 34.8 Å². The maximum atomic E-state index is 12.0. The van der Waals surface area contributed by atoms with Crippen LogP contribution in [0.4, 0.5) is 5.69 Å². The van der Waals surface area contributed by atoms with Crippen LogP contribution in [0.2, 0.25) is 5.02 Å². The fraction of sp³-hybridized carbons (Fsp3) is 0.333. The van der Waals surface area contributed by atoms with Crippen molar-refractivity contribution in [2.24, 2.45) is 0 Å². The van der Waals surface area contributed by atoms with E-state index in [9.17, 15) is 19.7 Å². The lowest BCUT2D eigenvalue weighted by Gasteiger charge is -2.11. The van der Waals surface area contributed by atoms with Crippen molar-refractivity contribution in [3.63, 3.8) is 0 Å². The summed E-state index contributed by atoms with van der Waals surface area (Å²) in [6, 6.07) is 3.66. The van der Waals surface area contributed by atoms with E-state index in [4.69, 9.17) is 11.6 Å². The minimum atomic E-state index is -0.636. The monoisotopic (exact) mass is 297 g/mol. The Morgan fingerprint density at radius 3 is 2.90 bits per heavy atom. The normalized spacial score (nSPS) is 17.6. The van der Waals surface area contributed by atoms with Crippen molar-refractivity contribution in [1.29, 1.82) is 0 Å². The Labute approximate surface area is 119 Å². The van der Waals surface area contributed by atoms with E-state index >= 15 is 0 Å². The largest absolute Gasteiger partial charge is 0.352 e. The van der Waals surface area contributed by atoms with Crippen LogP contribution < -0.4 is 10.6 Å². The molecule has 7 nitrogen and oxygen atoms in total. The van der Waals surface area contributed by atoms with Gasteiger partial charge < -0.3 is 10.6 Å². The molecule has 0 radical (unpaired) electrons. The molecule has 1 heterocycles. The highest BCUT2D eigenvalue weighted by Gasteiger charge is 2.24. The van der Waals surface area contributed by atoms with Crippen LogP contribution in [0, 0.1) is 10.1 Å². The molecule has 2 N–H and O–H groups in total. The molecule has 1 aliphatic rings. The molecule has 1 aromatic rings. The summed E-state index contributed by atoms with van der Waals surface area (Å²) in [6.45, 7) is 0.230. The molecule has 0 bridgehead atoms. The minimum absolute atomic E-state index is 0.0574. The molecular formula is C12H12ClN3O4. The van der Waals surface area contributed by atoms with E-state index in [2.05, 4.69) is 10.6 Å². The van der Waals surface area contributed by atoms with Crippen LogP contribution in [-0.4, -0.2) is 29.3 Å². The van der Waals surface area contributed by atoms with Crippen molar-refractivity contribution in [2.75, 3.05) is 6.54 Å². The summed E-state index contributed by atoms with van der Waals surface area (Å²) < 4.78 is 0. The lowest BCUT2D eigenvalue weighted by Crippen LogP contribution is -2.38. The standard InChI is InChI=1S/C12H12ClN3O4/c13-7-1-3-10(16(19)20)9(5-7)12(18)14-6-8-2-4-11(17)15-8/h1,3,5,8H,2,4,6H2,(H,14,18)(H,15,17). The van der Waals surface area contributed by atoms with E-state index in [1.807, 2.05) is 0 Å². The highest BCUT2D eigenvalue weighted by molar-refractivity contribution is 6.31. The second-order valence-corrected chi connectivity index (χ2v) is 4.87. The van der Waals surface area contributed by atoms with Gasteiger partial charge in [0.05, 0.1) is 4.92 Å². The highest BCUT2D eigenvalue weighted by atomic mass is 35.5. The maximum Gasteiger partial charge on any atom is 0.282 e. The third-order valence-corrected chi connectivity index (χ3v) is 3.23. The molecule has 8 heteroatoms. The summed E-state index contributed by atoms with van der Waals surface area (Å²) in [7, 11) is 0. The second kappa shape index (κ2) is 5.87. The third kappa shape index (κ3) is 3.24. The third-order valence-electron chi connectivity index (χ3n) is 2.99. The van der Waals surface area contributed by atoms with Crippen molar-refractivity contribution < 1.29 is 14.5 Å². The number of nitrogens with one attached hydrogen (secondary N) is 2. The topological polar surface area (TPSA) is 101 Å². The molecule has 0 aliphatic carbocycles. The van der Waals surface area contributed by atoms with Crippen LogP contribution in [-0.2, 0) is 4.79 Å². The lowest BCUT2D eigenvalue weighted by molar-refractivity contribution is -0.385. The summed E-state index contributed by atoms with van der Waals surface area (Å²) in [4.78, 5) is 33.2. The Morgan fingerprint density at radius 1 is 1.55 bits per heavy atom. The molecule has 1 unspecified atom stereocenters. The summed E-state index contributed by atoms with van der Waals surface area (Å²) >= 11 is 5.75. The fourth-order valence-electron chi connectivity index (χ4n) is 1.99. The number of hydrogen-bond acceptors (Lipinski definition) is 4. The first-order valence-corrected chi connectivity index (χ1v) is 6.36. The van der Waals surface area contributed by atoms with Crippen LogP contribution >= 0.6 is 11.6 Å². The lowest BCUT2D eigenvalue weighted by atomic mass is 10.1. The van der Waals surface area contributed by atoms with E-state index in [0.29, 0.717) is 12.8 Å². The zero-order valence-electron chi connectivity index (χ0n) is 10.4. The Balaban J connectivity index is 2.07. The van der Waals surface area contributed by atoms with Gasteiger partial charge in [0, 0.05) is 30.1 Å². The number of nitro benzene ring substituents is 1. The number of nitro groups is 1. The van der Waals surface area contributed by atoms with E-state index < -0.39 is 10.8 Å². The van der Waals surface area contributed by atoms with Gasteiger partial charge in [-0.3, -0.25) is 19.7 Å². The second-order valence-electron chi connectivity index (χ2n) is 4.43. The number of halogens is 1. The van der Waals surface area contributed by atoms with Crippen molar-refractivity contribution in [2.45, 2.75) is 18.9 Å². The smallest absolute Gasteiger partial charge is 0.282 e. The van der Waals surface area contributed by atoms with E-state index in [1.54, 1.807) is 0 Å². The van der Waals surface area contributed by atoms with Crippen molar-refractivity contribution >= 4 is 29.1 Å². The quantitative estimate of drug-likeness (QED) is 0.645. The number of amides is 2. The van der Waals surface area contributed by atoms with Crippen molar-refractivity contribution in [3.8, 4) is 0 Å². The first kappa shape index (κ1) is 14.3. The van der Waals surface area contributed by atoms with Gasteiger partial charge in [0.1, 0.15) is 5.56 Å². The Bertz CT molecular complexity index is 576. The molecular weight excluding hydrogens is 286 g/mol. The van der Waals surface area contributed by atoms with Gasteiger partial charge >= 0.3 is 0 Å². The average molecular weight is 298 g/mol. The first-order valence-electron chi connectivity index (χ1n) is 5.99. The predicted molar refractivity (Wildman–Crippen MR) is 71.6 cm³/mol. The number of rotatable bonds is 4. The zero-order chi connectivity index (χ0) is 14.7. The van der Waals surface area contributed by atoms with Crippen LogP contribution in [0.5, 0.6) is 0 Å². The summed E-state index contributed by atoms with van der Waals surface area (Å²) in [5, 5.41) is 16.4. The molecule has 1 fully saturated rings. The number of benzene rings is 1. The Morgan fingerprint density at radius 2 is 2.30 bits per heavy atom. The van der Waals surface area contributed by atoms with Gasteiger partial charge in [-0.05, 0) is 18.6 Å². The van der Waals surface area contributed by atoms with Gasteiger partial charge in [-0.25, -0.2) is 0 Å². The summed E-state index contributed by atoms with van der Waals surface area (Å²) in [5.41, 5.74) is -0.394. The van der Waals surface area contributed by atoms with E-state index in [1.165, 1.54) is 18.2 Å². The number of nitrogens with zero attached hydrogens (tertiary/aromatic N) is 1. The summed E-state index contributed by atoms with van der Waals surface area (Å²) in [5.74, 6) is -0.640. The average Bonchev–Trinajstić information content (AvgIpc) is 2.81. The molecule has 0 saturated carbocycles. The molecule has 1 aromatic carbocycles. The van der Waals surface area contributed by atoms with Crippen LogP contribution in [0.1, 0.15) is 23.2 Å². The van der Waals surface area contributed by atoms with Crippen molar-refractivity contribution in [1.82, 2.24) is 10.6 Å². The van der Waals surface area contributed by atoms with Gasteiger partial charge in [0.25, 0.3) is 11.6 Å². The molecule has 1 aliphatic heterocycles. The molecule has 1 saturated heterocycles. The van der Waals surface area contributed by atoms with Crippen molar-refractivity contribution in [3.05, 3.63) is 38.9 Å². The first-order chi connectivity index (χ1) is 9.47. The Hall–Kier alpha value is -2.15. The summed E-state index contributed by atoms with van der Waals surface area (Å²) in [6.07, 6.45) is 1.06. The number of hydrogen-bond donors (Lipinski definition) is 2. The molecule has 1 atom stereocenters. The van der Waals surface area contributed by atoms with Gasteiger partial charge in [0.15, 0.2) is 0 Å². The molecule has 20 heavy (non-hydrogen) atoms. The van der Waals surface area contributed by atoms with Gasteiger partial charge in [-0.1, -0.05) is 11.6 Å². The van der Waals surface area contributed by atoms with Crippen LogP contribution in [0.25, 0.3) is 0 Å². The number of carbonyl (C=O) groups excluding carboxylic acids is 2. The minimum Gasteiger partial charge on any atom is -0.352 e. The Kier molecular flexibility index (Phi) is 4.19. The van der Waals surface area contributed by atoms with Crippen LogP contribution in [0.3, 0.4) is 0 Å². The molecule has 2 amide bonds. The SMILES string of the molecule is O=C1CCC(CNC(=O)c2cc(Cl)ccc2[N+](=O)[O-])N1. The van der Waals surface area contributed by atoms with E-state index in [0.717, 1.165) is 0 Å². The predicted octanol–water partition coefficient (Wildman–Crippen LogP) is 1.26. The fourth-order valence-corrected chi connectivity index (χ4v) is 2.16. The van der Waals surface area contributed by atoms with Crippen LogP contribution in [0.15, 0.2) is 18.2 Å². The highest BCUT2D eigenvalue weighted by Crippen LogP contribution is 2.22.